The van der Waals surface area contributed by atoms with E-state index in [4.69, 9.17) is 0 Å². The van der Waals surface area contributed by atoms with Crippen LogP contribution in [0.4, 0.5) is 0 Å². The molecule has 0 saturated heterocycles. The van der Waals surface area contributed by atoms with E-state index in [9.17, 15) is 15.3 Å². The molecule has 3 nitrogen and oxygen atoms in total. The van der Waals surface area contributed by atoms with Crippen LogP contribution in [0.1, 0.15) is 104 Å². The largest absolute Gasteiger partial charge is 0.393 e. The Hall–Kier alpha value is -1.16. The van der Waals surface area contributed by atoms with Crippen molar-refractivity contribution < 1.29 is 15.3 Å². The summed E-state index contributed by atoms with van der Waals surface area (Å²) in [6, 6.07) is 0. The highest BCUT2D eigenvalue weighted by atomic mass is 16.3. The van der Waals surface area contributed by atoms with Crippen LogP contribution in [0.5, 0.6) is 0 Å². The molecule has 0 bridgehead atoms. The molecule has 0 aliphatic heterocycles. The first kappa shape index (κ1) is 26.9. The molecule has 196 valence electrons. The third kappa shape index (κ3) is 5.73. The normalized spacial score (nSPS) is 38.7. The SMILES string of the molecule is C=C1C(=CC=C2CCC[C@]3(C)[C@@H]([C@H](C)C=C[C@H](O)C4(CCCCC)CC4)CC[C@@H]23)C[C@@H](O)C[C@@H]1O. The van der Waals surface area contributed by atoms with Gasteiger partial charge in [-0.3, -0.25) is 0 Å². The fourth-order valence-corrected chi connectivity index (χ4v) is 7.81. The van der Waals surface area contributed by atoms with Crippen LogP contribution in [-0.2, 0) is 0 Å². The van der Waals surface area contributed by atoms with Crippen molar-refractivity contribution in [1.82, 2.24) is 0 Å². The molecule has 0 unspecified atom stereocenters. The van der Waals surface area contributed by atoms with E-state index >= 15 is 0 Å². The highest BCUT2D eigenvalue weighted by molar-refractivity contribution is 5.38. The van der Waals surface area contributed by atoms with Crippen molar-refractivity contribution in [1.29, 1.82) is 0 Å². The highest BCUT2D eigenvalue weighted by Gasteiger charge is 2.51. The molecule has 35 heavy (non-hydrogen) atoms. The summed E-state index contributed by atoms with van der Waals surface area (Å²) >= 11 is 0. The van der Waals surface area contributed by atoms with Gasteiger partial charge in [-0.25, -0.2) is 0 Å². The van der Waals surface area contributed by atoms with E-state index in [1.807, 2.05) is 0 Å². The quantitative estimate of drug-likeness (QED) is 0.244. The Morgan fingerprint density at radius 1 is 1.09 bits per heavy atom. The van der Waals surface area contributed by atoms with Crippen LogP contribution >= 0.6 is 0 Å². The van der Waals surface area contributed by atoms with Gasteiger partial charge >= 0.3 is 0 Å². The van der Waals surface area contributed by atoms with Crippen molar-refractivity contribution >= 4 is 0 Å². The molecule has 3 N–H and O–H groups in total. The molecule has 0 aromatic heterocycles. The van der Waals surface area contributed by atoms with Crippen molar-refractivity contribution in [3.8, 4) is 0 Å². The topological polar surface area (TPSA) is 60.7 Å². The number of hydrogen-bond donors (Lipinski definition) is 3. The van der Waals surface area contributed by atoms with Crippen LogP contribution in [0.3, 0.4) is 0 Å². The van der Waals surface area contributed by atoms with Crippen LogP contribution in [0, 0.1) is 28.6 Å². The molecule has 0 spiro atoms. The number of aliphatic hydroxyl groups is 3. The van der Waals surface area contributed by atoms with E-state index in [0.29, 0.717) is 36.0 Å². The average Bonchev–Trinajstić information content (AvgIpc) is 3.53. The molecular weight excluding hydrogens is 432 g/mol. The van der Waals surface area contributed by atoms with Gasteiger partial charge in [-0.05, 0) is 97.5 Å². The van der Waals surface area contributed by atoms with Gasteiger partial charge in [-0.1, -0.05) is 76.5 Å². The number of aliphatic hydroxyl groups excluding tert-OH is 3. The number of hydrogen-bond acceptors (Lipinski definition) is 3. The van der Waals surface area contributed by atoms with Crippen molar-refractivity contribution in [3.05, 3.63) is 47.6 Å². The van der Waals surface area contributed by atoms with Crippen LogP contribution in [0.15, 0.2) is 47.6 Å². The van der Waals surface area contributed by atoms with E-state index in [-0.39, 0.29) is 11.5 Å². The van der Waals surface area contributed by atoms with Gasteiger partial charge in [0.05, 0.1) is 18.3 Å². The summed E-state index contributed by atoms with van der Waals surface area (Å²) in [5.41, 5.74) is 3.80. The fourth-order valence-electron chi connectivity index (χ4n) is 7.81. The van der Waals surface area contributed by atoms with Crippen molar-refractivity contribution in [3.63, 3.8) is 0 Å². The van der Waals surface area contributed by atoms with Crippen LogP contribution < -0.4 is 0 Å². The highest BCUT2D eigenvalue weighted by Crippen LogP contribution is 2.60. The first-order valence-electron chi connectivity index (χ1n) is 14.5. The molecule has 4 rings (SSSR count). The first-order chi connectivity index (χ1) is 16.7. The lowest BCUT2D eigenvalue weighted by Gasteiger charge is -2.44. The zero-order chi connectivity index (χ0) is 25.2. The zero-order valence-corrected chi connectivity index (χ0v) is 22.5. The Bertz CT molecular complexity index is 847. The van der Waals surface area contributed by atoms with E-state index < -0.39 is 12.2 Å². The van der Waals surface area contributed by atoms with Crippen molar-refractivity contribution in [2.75, 3.05) is 0 Å². The smallest absolute Gasteiger partial charge is 0.0811 e. The summed E-state index contributed by atoms with van der Waals surface area (Å²) in [4.78, 5) is 0. The second-order valence-electron chi connectivity index (χ2n) is 12.7. The van der Waals surface area contributed by atoms with E-state index in [1.165, 1.54) is 64.2 Å². The predicted octanol–water partition coefficient (Wildman–Crippen LogP) is 7.04. The minimum Gasteiger partial charge on any atom is -0.393 e. The second-order valence-corrected chi connectivity index (χ2v) is 12.7. The van der Waals surface area contributed by atoms with Gasteiger partial charge < -0.3 is 15.3 Å². The summed E-state index contributed by atoms with van der Waals surface area (Å²) in [5, 5.41) is 31.3. The average molecular weight is 483 g/mol. The van der Waals surface area contributed by atoms with Gasteiger partial charge in [-0.15, -0.1) is 0 Å². The first-order valence-corrected chi connectivity index (χ1v) is 14.5. The van der Waals surface area contributed by atoms with E-state index in [0.717, 1.165) is 17.6 Å². The number of rotatable bonds is 9. The summed E-state index contributed by atoms with van der Waals surface area (Å²) in [7, 11) is 0. The standard InChI is InChI=1S/C32H50O3/c1-5-6-7-17-32(18-19-32)30(35)15-10-22(2)27-13-14-28-24(9-8-16-31(27,28)4)11-12-25-20-26(33)21-29(34)23(25)3/h10-12,15,22,26-30,33-35H,3,5-9,13-14,16-21H2,1-2,4H3/t22-,26-,27-,28+,29+,30+,31-/m1/s1. The van der Waals surface area contributed by atoms with E-state index in [1.54, 1.807) is 5.57 Å². The van der Waals surface area contributed by atoms with Gasteiger partial charge in [0, 0.05) is 6.42 Å². The number of fused-ring (bicyclic) bond motifs is 1. The fraction of sp³-hybridized carbons (Fsp3) is 0.750. The maximum Gasteiger partial charge on any atom is 0.0811 e. The maximum atomic E-state index is 11.0. The minimum absolute atomic E-state index is 0.173. The molecule has 4 aliphatic carbocycles. The monoisotopic (exact) mass is 482 g/mol. The molecule has 0 amide bonds. The van der Waals surface area contributed by atoms with Gasteiger partial charge in [0.2, 0.25) is 0 Å². The lowest BCUT2D eigenvalue weighted by molar-refractivity contribution is 0.0862. The summed E-state index contributed by atoms with van der Waals surface area (Å²) in [6.45, 7) is 11.2. The second kappa shape index (κ2) is 11.1. The zero-order valence-electron chi connectivity index (χ0n) is 22.5. The molecule has 3 heteroatoms. The molecule has 0 radical (unpaired) electrons. The molecule has 7 atom stereocenters. The van der Waals surface area contributed by atoms with Gasteiger partial charge in [-0.2, -0.15) is 0 Å². The van der Waals surface area contributed by atoms with Crippen molar-refractivity contribution in [2.45, 2.75) is 123 Å². The maximum absolute atomic E-state index is 11.0. The van der Waals surface area contributed by atoms with E-state index in [2.05, 4.69) is 51.7 Å². The van der Waals surface area contributed by atoms with Gasteiger partial charge in [0.25, 0.3) is 0 Å². The Labute approximate surface area is 214 Å². The Morgan fingerprint density at radius 2 is 1.86 bits per heavy atom. The van der Waals surface area contributed by atoms with Crippen LogP contribution in [0.25, 0.3) is 0 Å². The predicted molar refractivity (Wildman–Crippen MR) is 145 cm³/mol. The number of unbranched alkanes of at least 4 members (excludes halogenated alkanes) is 2. The molecule has 4 fully saturated rings. The van der Waals surface area contributed by atoms with Gasteiger partial charge in [0.1, 0.15) is 0 Å². The minimum atomic E-state index is -0.625. The molecule has 0 heterocycles. The third-order valence-electron chi connectivity index (χ3n) is 10.3. The molecule has 0 aromatic rings. The third-order valence-corrected chi connectivity index (χ3v) is 10.3. The summed E-state index contributed by atoms with van der Waals surface area (Å²) in [6.07, 6.45) is 22.0. The summed E-state index contributed by atoms with van der Waals surface area (Å²) in [5.74, 6) is 1.73. The molecule has 0 aromatic carbocycles. The Morgan fingerprint density at radius 3 is 2.57 bits per heavy atom. The van der Waals surface area contributed by atoms with Crippen LogP contribution in [-0.4, -0.2) is 33.6 Å². The lowest BCUT2D eigenvalue weighted by Crippen LogP contribution is -2.35. The summed E-state index contributed by atoms with van der Waals surface area (Å²) < 4.78 is 0. The van der Waals surface area contributed by atoms with Crippen molar-refractivity contribution in [2.24, 2.45) is 28.6 Å². The Kier molecular flexibility index (Phi) is 8.51. The molecule has 4 aliphatic rings. The van der Waals surface area contributed by atoms with Crippen LogP contribution in [0.2, 0.25) is 0 Å². The lowest BCUT2D eigenvalue weighted by atomic mass is 9.61. The molecule has 4 saturated carbocycles. The van der Waals surface area contributed by atoms with Gasteiger partial charge in [0.15, 0.2) is 0 Å². The Balaban J connectivity index is 1.42. The number of allylic oxidation sites excluding steroid dienone is 4. The molecular formula is C32H50O3.